The Hall–Kier alpha value is -3.03. The van der Waals surface area contributed by atoms with Crippen LogP contribution >= 0.6 is 0 Å². The van der Waals surface area contributed by atoms with Crippen molar-refractivity contribution in [1.29, 1.82) is 0 Å². The molecule has 1 aromatic carbocycles. The van der Waals surface area contributed by atoms with E-state index in [2.05, 4.69) is 0 Å². The number of amides is 4. The lowest BCUT2D eigenvalue weighted by atomic mass is 9.57. The fourth-order valence-electron chi connectivity index (χ4n) is 6.70. The van der Waals surface area contributed by atoms with Gasteiger partial charge in [-0.05, 0) is 49.3 Å². The number of imide groups is 2. The molecule has 34 heavy (non-hydrogen) atoms. The van der Waals surface area contributed by atoms with Crippen LogP contribution in [0.5, 0.6) is 5.75 Å². The van der Waals surface area contributed by atoms with Crippen molar-refractivity contribution in [3.8, 4) is 5.75 Å². The largest absolute Gasteiger partial charge is 0.505 e. The lowest BCUT2D eigenvalue weighted by molar-refractivity contribution is -0.142. The van der Waals surface area contributed by atoms with Crippen LogP contribution in [0.25, 0.3) is 0 Å². The number of likely N-dealkylation sites (tertiary alicyclic amines) is 2. The molecule has 6 atom stereocenters. The van der Waals surface area contributed by atoms with Gasteiger partial charge in [0.15, 0.2) is 11.6 Å². The number of nitrogens with zero attached hydrogens (tertiary/aromatic N) is 2. The minimum absolute atomic E-state index is 0.164. The third-order valence-electron chi connectivity index (χ3n) is 8.06. The molecule has 8 heteroatoms. The number of hydrogen-bond donors (Lipinski definition) is 1. The predicted octanol–water partition coefficient (Wildman–Crippen LogP) is 2.99. The van der Waals surface area contributed by atoms with Gasteiger partial charge in [0.05, 0.1) is 23.7 Å². The van der Waals surface area contributed by atoms with Gasteiger partial charge in [-0.1, -0.05) is 31.6 Å². The zero-order valence-corrected chi connectivity index (χ0v) is 19.4. The number of aromatic hydroxyl groups is 1. The summed E-state index contributed by atoms with van der Waals surface area (Å²) in [4.78, 5) is 55.8. The van der Waals surface area contributed by atoms with Gasteiger partial charge in [0.25, 0.3) is 0 Å². The molecule has 2 aliphatic heterocycles. The maximum absolute atomic E-state index is 14.4. The van der Waals surface area contributed by atoms with Crippen molar-refractivity contribution in [1.82, 2.24) is 9.80 Å². The molecular formula is C26H29FN2O5. The number of carbonyl (C=O) groups is 4. The van der Waals surface area contributed by atoms with Gasteiger partial charge in [0.1, 0.15) is 0 Å². The zero-order valence-electron chi connectivity index (χ0n) is 19.4. The van der Waals surface area contributed by atoms with Crippen LogP contribution in [-0.2, 0) is 19.2 Å². The van der Waals surface area contributed by atoms with E-state index in [1.807, 2.05) is 19.9 Å². The lowest BCUT2D eigenvalue weighted by Crippen LogP contribution is -2.43. The Kier molecular flexibility index (Phi) is 5.57. The monoisotopic (exact) mass is 468 g/mol. The lowest BCUT2D eigenvalue weighted by Gasteiger charge is -2.44. The van der Waals surface area contributed by atoms with Crippen LogP contribution in [0, 0.1) is 35.4 Å². The van der Waals surface area contributed by atoms with Gasteiger partial charge in [-0.15, -0.1) is 0 Å². The summed E-state index contributed by atoms with van der Waals surface area (Å²) in [6, 6.07) is 4.06. The van der Waals surface area contributed by atoms with Gasteiger partial charge in [0, 0.05) is 19.0 Å². The van der Waals surface area contributed by atoms with Crippen LogP contribution < -0.4 is 0 Å². The minimum Gasteiger partial charge on any atom is -0.505 e. The predicted molar refractivity (Wildman–Crippen MR) is 120 cm³/mol. The van der Waals surface area contributed by atoms with Gasteiger partial charge in [-0.2, -0.15) is 0 Å². The number of rotatable bonds is 5. The van der Waals surface area contributed by atoms with E-state index in [0.29, 0.717) is 44.3 Å². The summed E-state index contributed by atoms with van der Waals surface area (Å²) < 4.78 is 14.4. The number of phenols is 1. The molecule has 1 N–H and O–H groups in total. The molecule has 0 unspecified atom stereocenters. The van der Waals surface area contributed by atoms with Crippen LogP contribution in [0.15, 0.2) is 29.8 Å². The van der Waals surface area contributed by atoms with E-state index >= 15 is 0 Å². The summed E-state index contributed by atoms with van der Waals surface area (Å²) in [6.45, 7) is 4.50. The maximum Gasteiger partial charge on any atom is 0.234 e. The fourth-order valence-corrected chi connectivity index (χ4v) is 6.70. The van der Waals surface area contributed by atoms with Crippen LogP contribution in [0.3, 0.4) is 0 Å². The molecule has 7 nitrogen and oxygen atoms in total. The Labute approximate surface area is 197 Å². The normalized spacial score (nSPS) is 32.6. The zero-order chi connectivity index (χ0) is 24.3. The van der Waals surface area contributed by atoms with Crippen LogP contribution in [-0.4, -0.2) is 51.6 Å². The van der Waals surface area contributed by atoms with E-state index in [1.165, 1.54) is 21.9 Å². The number of allylic oxidation sites excluding steroid dienone is 2. The van der Waals surface area contributed by atoms with Crippen molar-refractivity contribution in [2.75, 3.05) is 13.1 Å². The average Bonchev–Trinajstić information content (AvgIpc) is 3.20. The van der Waals surface area contributed by atoms with Crippen molar-refractivity contribution in [2.45, 2.75) is 45.4 Å². The Balaban J connectivity index is 1.62. The van der Waals surface area contributed by atoms with Crippen molar-refractivity contribution >= 4 is 23.6 Å². The SMILES string of the molecule is CCCN1C(=O)[C@H]2[C@H](CC=C3[C@H]2C[C@H]2C(=O)N(CCC)C(=O)[C@H]2[C@H]3c2ccc(O)c(F)c2)C1=O. The molecule has 0 aromatic heterocycles. The maximum atomic E-state index is 14.4. The topological polar surface area (TPSA) is 95.0 Å². The minimum atomic E-state index is -0.797. The highest BCUT2D eigenvalue weighted by Crippen LogP contribution is 2.58. The highest BCUT2D eigenvalue weighted by molar-refractivity contribution is 6.07. The Morgan fingerprint density at radius 1 is 0.882 bits per heavy atom. The molecule has 4 aliphatic rings. The first-order valence-corrected chi connectivity index (χ1v) is 12.2. The molecule has 0 bridgehead atoms. The molecule has 180 valence electrons. The summed E-state index contributed by atoms with van der Waals surface area (Å²) in [5, 5.41) is 9.73. The van der Waals surface area contributed by atoms with Crippen molar-refractivity contribution < 1.29 is 28.7 Å². The van der Waals surface area contributed by atoms with Crippen LogP contribution in [0.2, 0.25) is 0 Å². The van der Waals surface area contributed by atoms with E-state index in [0.717, 1.165) is 5.57 Å². The summed E-state index contributed by atoms with van der Waals surface area (Å²) >= 11 is 0. The van der Waals surface area contributed by atoms with Gasteiger partial charge in [-0.25, -0.2) is 4.39 Å². The van der Waals surface area contributed by atoms with Crippen molar-refractivity contribution in [3.05, 3.63) is 41.2 Å². The summed E-state index contributed by atoms with van der Waals surface area (Å²) in [5.41, 5.74) is 1.34. The molecule has 1 aromatic rings. The van der Waals surface area contributed by atoms with E-state index in [-0.39, 0.29) is 29.5 Å². The van der Waals surface area contributed by atoms with E-state index in [9.17, 15) is 28.7 Å². The first-order chi connectivity index (χ1) is 16.3. The quantitative estimate of drug-likeness (QED) is 0.530. The molecule has 0 radical (unpaired) electrons. The van der Waals surface area contributed by atoms with Gasteiger partial charge in [-0.3, -0.25) is 29.0 Å². The molecule has 0 spiro atoms. The molecule has 2 aliphatic carbocycles. The second kappa shape index (κ2) is 8.32. The van der Waals surface area contributed by atoms with Crippen molar-refractivity contribution in [2.24, 2.45) is 29.6 Å². The number of fused-ring (bicyclic) bond motifs is 4. The first-order valence-electron chi connectivity index (χ1n) is 12.2. The summed E-state index contributed by atoms with van der Waals surface area (Å²) in [7, 11) is 0. The molecular weight excluding hydrogens is 439 g/mol. The van der Waals surface area contributed by atoms with Crippen molar-refractivity contribution in [3.63, 3.8) is 0 Å². The summed E-state index contributed by atoms with van der Waals surface area (Å²) in [5.74, 6) is -5.43. The molecule has 2 saturated heterocycles. The Bertz CT molecular complexity index is 1110. The molecule has 5 rings (SSSR count). The number of carbonyl (C=O) groups excluding carboxylic acids is 4. The van der Waals surface area contributed by atoms with Crippen LogP contribution in [0.1, 0.15) is 51.0 Å². The number of hydrogen-bond acceptors (Lipinski definition) is 5. The molecule has 3 fully saturated rings. The Morgan fingerprint density at radius 2 is 1.50 bits per heavy atom. The smallest absolute Gasteiger partial charge is 0.234 e. The molecule has 4 amide bonds. The average molecular weight is 469 g/mol. The summed E-state index contributed by atoms with van der Waals surface area (Å²) in [6.07, 6.45) is 3.96. The van der Waals surface area contributed by atoms with Gasteiger partial charge < -0.3 is 5.11 Å². The second-order valence-electron chi connectivity index (χ2n) is 9.89. The van der Waals surface area contributed by atoms with Gasteiger partial charge in [0.2, 0.25) is 23.6 Å². The third-order valence-corrected chi connectivity index (χ3v) is 8.06. The molecule has 2 heterocycles. The molecule has 1 saturated carbocycles. The highest BCUT2D eigenvalue weighted by atomic mass is 19.1. The number of halogens is 1. The Morgan fingerprint density at radius 3 is 2.12 bits per heavy atom. The van der Waals surface area contributed by atoms with E-state index in [1.54, 1.807) is 6.07 Å². The van der Waals surface area contributed by atoms with E-state index in [4.69, 9.17) is 0 Å². The van der Waals surface area contributed by atoms with Crippen LogP contribution in [0.4, 0.5) is 4.39 Å². The van der Waals surface area contributed by atoms with Gasteiger partial charge >= 0.3 is 0 Å². The third kappa shape index (κ3) is 3.14. The fraction of sp³-hybridized carbons (Fsp3) is 0.538. The number of phenolic OH excluding ortho intramolecular Hbond substituents is 1. The number of benzene rings is 1. The first kappa shape index (κ1) is 22.7. The standard InChI is InChI=1S/C26H29FN2O5/c1-3-9-28-23(31)15-7-6-14-16(21(15)25(28)33)12-17-22(26(34)29(10-4-2)24(17)32)20(14)13-5-8-19(30)18(27)11-13/h5-6,8,11,15-17,20-22,30H,3-4,7,9-10,12H2,1-2H3/t15-,16+,17+,20-,21-,22+/m0/s1. The highest BCUT2D eigenvalue weighted by Gasteiger charge is 2.61. The second-order valence-corrected chi connectivity index (χ2v) is 9.89. The van der Waals surface area contributed by atoms with E-state index < -0.39 is 41.2 Å².